The SMILES string of the molecule is Cc1csc(C(=O)N2CCC(C(C)N)C2)c1Cl. The molecule has 1 aliphatic rings. The Kier molecular flexibility index (Phi) is 3.76. The van der Waals surface area contributed by atoms with Crippen molar-refractivity contribution in [2.45, 2.75) is 26.3 Å². The molecule has 2 N–H and O–H groups in total. The Bertz CT molecular complexity index is 430. The van der Waals surface area contributed by atoms with Crippen LogP contribution in [0.1, 0.15) is 28.6 Å². The van der Waals surface area contributed by atoms with Gasteiger partial charge in [-0.05, 0) is 37.1 Å². The lowest BCUT2D eigenvalue weighted by molar-refractivity contribution is 0.0791. The number of nitrogens with two attached hydrogens (primary N) is 1. The summed E-state index contributed by atoms with van der Waals surface area (Å²) in [6.07, 6.45) is 0.991. The molecular formula is C12H17ClN2OS. The van der Waals surface area contributed by atoms with Crippen molar-refractivity contribution in [1.29, 1.82) is 0 Å². The van der Waals surface area contributed by atoms with Crippen LogP contribution in [0.4, 0.5) is 0 Å². The van der Waals surface area contributed by atoms with E-state index in [1.807, 2.05) is 24.1 Å². The van der Waals surface area contributed by atoms with Crippen LogP contribution in [0, 0.1) is 12.8 Å². The first kappa shape index (κ1) is 12.9. The van der Waals surface area contributed by atoms with Gasteiger partial charge >= 0.3 is 0 Å². The molecule has 1 aromatic heterocycles. The van der Waals surface area contributed by atoms with Crippen molar-refractivity contribution in [3.05, 3.63) is 20.8 Å². The van der Waals surface area contributed by atoms with Crippen LogP contribution in [0.15, 0.2) is 5.38 Å². The quantitative estimate of drug-likeness (QED) is 0.899. The molecule has 3 nitrogen and oxygen atoms in total. The van der Waals surface area contributed by atoms with E-state index in [0.29, 0.717) is 15.8 Å². The number of nitrogens with zero attached hydrogens (tertiary/aromatic N) is 1. The average Bonchev–Trinajstić information content (AvgIpc) is 2.87. The highest BCUT2D eigenvalue weighted by Crippen LogP contribution is 2.30. The number of rotatable bonds is 2. The Morgan fingerprint density at radius 3 is 2.88 bits per heavy atom. The second-order valence-electron chi connectivity index (χ2n) is 4.72. The summed E-state index contributed by atoms with van der Waals surface area (Å²) in [4.78, 5) is 14.8. The molecule has 0 spiro atoms. The third-order valence-corrected chi connectivity index (χ3v) is 5.03. The van der Waals surface area contributed by atoms with E-state index in [1.54, 1.807) is 0 Å². The van der Waals surface area contributed by atoms with Crippen LogP contribution in [0.2, 0.25) is 5.02 Å². The zero-order valence-corrected chi connectivity index (χ0v) is 11.6. The van der Waals surface area contributed by atoms with Crippen molar-refractivity contribution in [3.8, 4) is 0 Å². The highest BCUT2D eigenvalue weighted by Gasteiger charge is 2.30. The second-order valence-corrected chi connectivity index (χ2v) is 5.98. The molecule has 1 saturated heterocycles. The number of hydrogen-bond acceptors (Lipinski definition) is 3. The fourth-order valence-corrected chi connectivity index (χ4v) is 3.36. The lowest BCUT2D eigenvalue weighted by Crippen LogP contribution is -2.32. The molecule has 0 bridgehead atoms. The van der Waals surface area contributed by atoms with E-state index < -0.39 is 0 Å². The molecule has 94 valence electrons. The van der Waals surface area contributed by atoms with Crippen LogP contribution in [-0.4, -0.2) is 29.9 Å². The summed E-state index contributed by atoms with van der Waals surface area (Å²) in [6, 6.07) is 0.147. The van der Waals surface area contributed by atoms with E-state index in [-0.39, 0.29) is 11.9 Å². The summed E-state index contributed by atoms with van der Waals surface area (Å²) in [7, 11) is 0. The van der Waals surface area contributed by atoms with Gasteiger partial charge in [0.15, 0.2) is 0 Å². The van der Waals surface area contributed by atoms with Crippen LogP contribution in [0.3, 0.4) is 0 Å². The van der Waals surface area contributed by atoms with E-state index in [0.717, 1.165) is 25.1 Å². The molecule has 2 unspecified atom stereocenters. The summed E-state index contributed by atoms with van der Waals surface area (Å²) in [5, 5.41) is 2.53. The molecule has 17 heavy (non-hydrogen) atoms. The molecule has 0 aromatic carbocycles. The molecule has 1 aromatic rings. The largest absolute Gasteiger partial charge is 0.338 e. The summed E-state index contributed by atoms with van der Waals surface area (Å²) >= 11 is 7.55. The van der Waals surface area contributed by atoms with Crippen LogP contribution in [0.25, 0.3) is 0 Å². The molecule has 0 saturated carbocycles. The molecule has 1 aliphatic heterocycles. The topological polar surface area (TPSA) is 46.3 Å². The van der Waals surface area contributed by atoms with Gasteiger partial charge in [0.05, 0.1) is 5.02 Å². The van der Waals surface area contributed by atoms with Gasteiger partial charge in [-0.25, -0.2) is 0 Å². The number of amides is 1. The normalized spacial score (nSPS) is 21.9. The number of carbonyl (C=O) groups is 1. The standard InChI is InChI=1S/C12H17ClN2OS/c1-7-6-17-11(10(7)13)12(16)15-4-3-9(5-15)8(2)14/h6,8-9H,3-5,14H2,1-2H3. The highest BCUT2D eigenvalue weighted by atomic mass is 35.5. The lowest BCUT2D eigenvalue weighted by Gasteiger charge is -2.17. The van der Waals surface area contributed by atoms with Crippen molar-refractivity contribution in [1.82, 2.24) is 4.90 Å². The zero-order chi connectivity index (χ0) is 12.6. The Morgan fingerprint density at radius 2 is 2.41 bits per heavy atom. The van der Waals surface area contributed by atoms with Crippen molar-refractivity contribution in [2.24, 2.45) is 11.7 Å². The van der Waals surface area contributed by atoms with Gasteiger partial charge < -0.3 is 10.6 Å². The predicted molar refractivity (Wildman–Crippen MR) is 71.7 cm³/mol. The average molecular weight is 273 g/mol. The van der Waals surface area contributed by atoms with Crippen LogP contribution < -0.4 is 5.73 Å². The van der Waals surface area contributed by atoms with Crippen LogP contribution >= 0.6 is 22.9 Å². The first-order valence-electron chi connectivity index (χ1n) is 5.79. The van der Waals surface area contributed by atoms with Gasteiger partial charge in [0.2, 0.25) is 0 Å². The smallest absolute Gasteiger partial charge is 0.265 e. The first-order valence-corrected chi connectivity index (χ1v) is 7.05. The number of halogens is 1. The van der Waals surface area contributed by atoms with E-state index in [1.165, 1.54) is 11.3 Å². The minimum absolute atomic E-state index is 0.0521. The fourth-order valence-electron chi connectivity index (χ4n) is 2.12. The molecule has 2 heterocycles. The minimum atomic E-state index is 0.0521. The maximum absolute atomic E-state index is 12.3. The van der Waals surface area contributed by atoms with Crippen molar-refractivity contribution in [2.75, 3.05) is 13.1 Å². The predicted octanol–water partition coefficient (Wildman–Crippen LogP) is 2.52. The Morgan fingerprint density at radius 1 is 1.71 bits per heavy atom. The molecule has 1 amide bonds. The van der Waals surface area contributed by atoms with E-state index >= 15 is 0 Å². The van der Waals surface area contributed by atoms with Gasteiger partial charge in [-0.3, -0.25) is 4.79 Å². The molecule has 1 fully saturated rings. The van der Waals surface area contributed by atoms with Gasteiger partial charge in [-0.15, -0.1) is 11.3 Å². The van der Waals surface area contributed by atoms with Crippen molar-refractivity contribution < 1.29 is 4.79 Å². The molecule has 2 rings (SSSR count). The van der Waals surface area contributed by atoms with Crippen LogP contribution in [0.5, 0.6) is 0 Å². The third-order valence-electron chi connectivity index (χ3n) is 3.35. The summed E-state index contributed by atoms with van der Waals surface area (Å²) in [5.41, 5.74) is 6.85. The molecular weight excluding hydrogens is 256 g/mol. The number of thiophene rings is 1. The van der Waals surface area contributed by atoms with Crippen LogP contribution in [-0.2, 0) is 0 Å². The zero-order valence-electron chi connectivity index (χ0n) is 10.1. The fraction of sp³-hybridized carbons (Fsp3) is 0.583. The molecule has 0 radical (unpaired) electrons. The molecule has 5 heteroatoms. The van der Waals surface area contributed by atoms with Gasteiger partial charge in [0, 0.05) is 19.1 Å². The summed E-state index contributed by atoms with van der Waals surface area (Å²) in [5.74, 6) is 0.468. The van der Waals surface area contributed by atoms with E-state index in [4.69, 9.17) is 17.3 Å². The maximum atomic E-state index is 12.3. The monoisotopic (exact) mass is 272 g/mol. The Balaban J connectivity index is 2.10. The lowest BCUT2D eigenvalue weighted by atomic mass is 10.0. The summed E-state index contributed by atoms with van der Waals surface area (Å²) < 4.78 is 0. The number of carbonyl (C=O) groups excluding carboxylic acids is 1. The number of aryl methyl sites for hydroxylation is 1. The van der Waals surface area contributed by atoms with E-state index in [2.05, 4.69) is 0 Å². The highest BCUT2D eigenvalue weighted by molar-refractivity contribution is 7.13. The van der Waals surface area contributed by atoms with Gasteiger partial charge in [0.25, 0.3) is 5.91 Å². The first-order chi connectivity index (χ1) is 8.00. The van der Waals surface area contributed by atoms with E-state index in [9.17, 15) is 4.79 Å². The maximum Gasteiger partial charge on any atom is 0.265 e. The second kappa shape index (κ2) is 4.96. The molecule has 0 aliphatic carbocycles. The number of likely N-dealkylation sites (tertiary alicyclic amines) is 1. The Hall–Kier alpha value is -0.580. The third kappa shape index (κ3) is 2.49. The number of hydrogen-bond donors (Lipinski definition) is 1. The van der Waals surface area contributed by atoms with Gasteiger partial charge in [-0.1, -0.05) is 11.6 Å². The van der Waals surface area contributed by atoms with Gasteiger partial charge in [-0.2, -0.15) is 0 Å². The molecule has 2 atom stereocenters. The van der Waals surface area contributed by atoms with Gasteiger partial charge in [0.1, 0.15) is 4.88 Å². The summed E-state index contributed by atoms with van der Waals surface area (Å²) in [6.45, 7) is 5.47. The Labute approximate surface area is 111 Å². The van der Waals surface area contributed by atoms with Crippen molar-refractivity contribution in [3.63, 3.8) is 0 Å². The minimum Gasteiger partial charge on any atom is -0.338 e. The van der Waals surface area contributed by atoms with Crippen molar-refractivity contribution >= 4 is 28.8 Å².